The van der Waals surface area contributed by atoms with Crippen LogP contribution in [-0.4, -0.2) is 48.5 Å². The molecule has 1 aromatic carbocycles. The lowest BCUT2D eigenvalue weighted by Crippen LogP contribution is -2.36. The molecule has 3 aromatic heterocycles. The van der Waals surface area contributed by atoms with Crippen LogP contribution in [0.3, 0.4) is 0 Å². The fraction of sp³-hybridized carbons (Fsp3) is 0.250. The molecule has 0 unspecified atom stereocenters. The summed E-state index contributed by atoms with van der Waals surface area (Å²) in [5, 5.41) is 9.29. The quantitative estimate of drug-likeness (QED) is 0.467. The fourth-order valence-corrected chi connectivity index (χ4v) is 4.55. The molecule has 4 heterocycles. The van der Waals surface area contributed by atoms with Gasteiger partial charge in [0.15, 0.2) is 0 Å². The van der Waals surface area contributed by atoms with E-state index in [4.69, 9.17) is 4.98 Å². The zero-order valence-electron chi connectivity index (χ0n) is 17.5. The average molecular weight is 425 g/mol. The molecule has 160 valence electrons. The Hall–Kier alpha value is -3.94. The molecule has 6 rings (SSSR count). The van der Waals surface area contributed by atoms with Crippen LogP contribution in [0.15, 0.2) is 55.0 Å². The van der Waals surface area contributed by atoms with Crippen LogP contribution >= 0.6 is 0 Å². The monoisotopic (exact) mass is 425 g/mol. The number of hydrogen-bond donors (Lipinski definition) is 3. The van der Waals surface area contributed by atoms with Crippen molar-refractivity contribution in [2.24, 2.45) is 0 Å². The van der Waals surface area contributed by atoms with Crippen LogP contribution in [0.2, 0.25) is 0 Å². The third-order valence-corrected chi connectivity index (χ3v) is 6.32. The molecular weight excluding hydrogens is 402 g/mol. The molecule has 0 radical (unpaired) electrons. The normalized spacial score (nSPS) is 15.4. The number of benzene rings is 1. The van der Waals surface area contributed by atoms with Crippen LogP contribution in [-0.2, 0) is 25.8 Å². The van der Waals surface area contributed by atoms with E-state index >= 15 is 0 Å². The number of nitrogens with zero attached hydrogens (tertiary/aromatic N) is 4. The zero-order chi connectivity index (χ0) is 21.5. The molecule has 0 spiro atoms. The van der Waals surface area contributed by atoms with E-state index in [-0.39, 0.29) is 5.91 Å². The van der Waals surface area contributed by atoms with E-state index in [1.807, 2.05) is 29.4 Å². The van der Waals surface area contributed by atoms with Crippen molar-refractivity contribution in [2.75, 3.05) is 11.9 Å². The number of fused-ring (bicyclic) bond motifs is 2. The number of rotatable bonds is 4. The minimum atomic E-state index is -0.0192. The summed E-state index contributed by atoms with van der Waals surface area (Å²) in [6.45, 7) is 1.15. The highest BCUT2D eigenvalue weighted by Crippen LogP contribution is 2.25. The van der Waals surface area contributed by atoms with Crippen molar-refractivity contribution < 1.29 is 4.79 Å². The highest BCUT2D eigenvalue weighted by molar-refractivity contribution is 5.94. The lowest BCUT2D eigenvalue weighted by molar-refractivity contribution is 0.0733. The summed E-state index contributed by atoms with van der Waals surface area (Å²) in [5.41, 5.74) is 7.14. The number of aromatic amines is 2. The summed E-state index contributed by atoms with van der Waals surface area (Å²) < 4.78 is 0. The van der Waals surface area contributed by atoms with Gasteiger partial charge in [-0.3, -0.25) is 14.9 Å². The van der Waals surface area contributed by atoms with Crippen LogP contribution in [0.25, 0.3) is 11.4 Å². The third-order valence-electron chi connectivity index (χ3n) is 6.32. The molecule has 2 aliphatic rings. The first kappa shape index (κ1) is 18.8. The maximum absolute atomic E-state index is 13.0. The highest BCUT2D eigenvalue weighted by atomic mass is 16.2. The minimum Gasteiger partial charge on any atom is -0.351 e. The first-order chi connectivity index (χ1) is 15.7. The van der Waals surface area contributed by atoms with Crippen molar-refractivity contribution in [3.63, 3.8) is 0 Å². The van der Waals surface area contributed by atoms with Crippen molar-refractivity contribution in [1.82, 2.24) is 30.0 Å². The highest BCUT2D eigenvalue weighted by Gasteiger charge is 2.25. The van der Waals surface area contributed by atoms with E-state index in [2.05, 4.69) is 49.7 Å². The summed E-state index contributed by atoms with van der Waals surface area (Å²) >= 11 is 0. The van der Waals surface area contributed by atoms with Crippen molar-refractivity contribution in [3.8, 4) is 11.4 Å². The van der Waals surface area contributed by atoms with Gasteiger partial charge in [-0.05, 0) is 36.1 Å². The molecule has 4 aromatic rings. The van der Waals surface area contributed by atoms with Gasteiger partial charge in [0.05, 0.1) is 22.6 Å². The zero-order valence-corrected chi connectivity index (χ0v) is 17.5. The Kier molecular flexibility index (Phi) is 4.49. The lowest BCUT2D eigenvalue weighted by atomic mass is 10.1. The Morgan fingerprint density at radius 1 is 1.03 bits per heavy atom. The number of hydrogen-bond acceptors (Lipinski definition) is 5. The first-order valence-corrected chi connectivity index (χ1v) is 10.9. The van der Waals surface area contributed by atoms with E-state index in [1.165, 1.54) is 11.1 Å². The largest absolute Gasteiger partial charge is 0.351 e. The number of carbonyl (C=O) groups excluding carboxylic acids is 1. The molecule has 0 fully saturated rings. The van der Waals surface area contributed by atoms with Crippen molar-refractivity contribution in [2.45, 2.75) is 31.8 Å². The maximum Gasteiger partial charge on any atom is 0.255 e. The van der Waals surface area contributed by atoms with Gasteiger partial charge < -0.3 is 15.3 Å². The second-order valence-electron chi connectivity index (χ2n) is 8.42. The summed E-state index contributed by atoms with van der Waals surface area (Å²) in [5.74, 6) is 0.656. The van der Waals surface area contributed by atoms with Gasteiger partial charge >= 0.3 is 0 Å². The Bertz CT molecular complexity index is 1240. The van der Waals surface area contributed by atoms with Crippen molar-refractivity contribution in [3.05, 3.63) is 82.9 Å². The Morgan fingerprint density at radius 2 is 1.84 bits per heavy atom. The maximum atomic E-state index is 13.0. The lowest BCUT2D eigenvalue weighted by Gasteiger charge is -2.28. The van der Waals surface area contributed by atoms with Crippen LogP contribution in [0, 0.1) is 0 Å². The Balaban J connectivity index is 1.12. The number of aromatic nitrogens is 5. The van der Waals surface area contributed by atoms with Crippen LogP contribution < -0.4 is 5.32 Å². The van der Waals surface area contributed by atoms with E-state index in [0.717, 1.165) is 41.9 Å². The molecule has 32 heavy (non-hydrogen) atoms. The predicted molar refractivity (Wildman–Crippen MR) is 120 cm³/mol. The van der Waals surface area contributed by atoms with Gasteiger partial charge in [-0.25, -0.2) is 9.97 Å². The third kappa shape index (κ3) is 3.43. The molecule has 0 bridgehead atoms. The molecule has 0 atom stereocenters. The van der Waals surface area contributed by atoms with Crippen molar-refractivity contribution in [1.29, 1.82) is 0 Å². The van der Waals surface area contributed by atoms with Crippen molar-refractivity contribution >= 4 is 11.9 Å². The van der Waals surface area contributed by atoms with Gasteiger partial charge in [-0.2, -0.15) is 0 Å². The average Bonchev–Trinajstić information content (AvgIpc) is 3.20. The molecule has 1 amide bonds. The van der Waals surface area contributed by atoms with Crippen LogP contribution in [0.4, 0.5) is 5.95 Å². The van der Waals surface area contributed by atoms with E-state index in [1.54, 1.807) is 6.20 Å². The van der Waals surface area contributed by atoms with Gasteiger partial charge in [-0.15, -0.1) is 0 Å². The standard InChI is InChI=1S/C24H23N7O/c32-23(17-5-6-21(25-11-17)22-13-27-30-22)31-8-7-20-18(14-31)12-26-24(29-20)28-19-9-15-3-1-2-4-16(15)10-19/h1-6,11-13,19,27,30H,7-10,14H2,(H,26,28,29). The molecular formula is C24H23N7O. The number of pyridine rings is 1. The summed E-state index contributed by atoms with van der Waals surface area (Å²) in [6, 6.07) is 12.6. The number of nitrogens with one attached hydrogen (secondary N) is 3. The number of carbonyl (C=O) groups is 1. The smallest absolute Gasteiger partial charge is 0.255 e. The van der Waals surface area contributed by atoms with Gasteiger partial charge in [0.2, 0.25) is 5.95 Å². The number of anilines is 1. The molecule has 0 saturated carbocycles. The predicted octanol–water partition coefficient (Wildman–Crippen LogP) is 2.97. The van der Waals surface area contributed by atoms with E-state index in [0.29, 0.717) is 30.6 Å². The van der Waals surface area contributed by atoms with Gasteiger partial charge in [0, 0.05) is 49.7 Å². The van der Waals surface area contributed by atoms with E-state index < -0.39 is 0 Å². The fourth-order valence-electron chi connectivity index (χ4n) is 4.55. The number of amides is 1. The Morgan fingerprint density at radius 3 is 2.53 bits per heavy atom. The molecule has 8 heteroatoms. The molecule has 3 N–H and O–H groups in total. The van der Waals surface area contributed by atoms with Gasteiger partial charge in [0.25, 0.3) is 5.91 Å². The minimum absolute atomic E-state index is 0.0192. The van der Waals surface area contributed by atoms with Gasteiger partial charge in [0.1, 0.15) is 0 Å². The summed E-state index contributed by atoms with van der Waals surface area (Å²) in [6.07, 6.45) is 8.04. The topological polar surface area (TPSA) is 103 Å². The first-order valence-electron chi connectivity index (χ1n) is 10.9. The second kappa shape index (κ2) is 7.64. The summed E-state index contributed by atoms with van der Waals surface area (Å²) in [7, 11) is 0. The molecule has 8 nitrogen and oxygen atoms in total. The number of H-pyrrole nitrogens is 2. The SMILES string of the molecule is O=C(c1ccc(-c2c[nH][nH]2)nc1)N1CCc2nc(NC3Cc4ccccc4C3)ncc2C1. The van der Waals surface area contributed by atoms with Crippen LogP contribution in [0.1, 0.15) is 32.7 Å². The van der Waals surface area contributed by atoms with E-state index in [9.17, 15) is 4.79 Å². The summed E-state index contributed by atoms with van der Waals surface area (Å²) in [4.78, 5) is 28.5. The van der Waals surface area contributed by atoms with Crippen LogP contribution in [0.5, 0.6) is 0 Å². The molecule has 1 aliphatic carbocycles. The molecule has 0 saturated heterocycles. The molecule has 1 aliphatic heterocycles. The Labute approximate surface area is 185 Å². The second-order valence-corrected chi connectivity index (χ2v) is 8.42. The van der Waals surface area contributed by atoms with Gasteiger partial charge in [-0.1, -0.05) is 24.3 Å².